The van der Waals surface area contributed by atoms with Crippen molar-refractivity contribution in [3.63, 3.8) is 0 Å². The van der Waals surface area contributed by atoms with Crippen LogP contribution in [0.4, 0.5) is 0 Å². The standard InChI is InChI=1S/C21H33N5O2.HI/c1-16-4-5-17(14-19(16)28-3)8-9-23-21(22-2)26-12-10-25(11-13-26)15-20(27)24-18-6-7-18;/h4-5,14,18H,6-13,15H2,1-3H3,(H,22,23)(H,24,27);1H. The zero-order chi connectivity index (χ0) is 19.9. The van der Waals surface area contributed by atoms with Gasteiger partial charge in [-0.2, -0.15) is 0 Å². The molecule has 2 fully saturated rings. The number of rotatable bonds is 7. The van der Waals surface area contributed by atoms with Crippen LogP contribution in [-0.2, 0) is 11.2 Å². The first-order chi connectivity index (χ1) is 13.6. The first-order valence-electron chi connectivity index (χ1n) is 10.2. The van der Waals surface area contributed by atoms with E-state index >= 15 is 0 Å². The minimum atomic E-state index is 0. The van der Waals surface area contributed by atoms with E-state index in [0.29, 0.717) is 12.6 Å². The number of ether oxygens (including phenoxy) is 1. The molecular formula is C21H34IN5O2. The Bertz CT molecular complexity index is 700. The predicted molar refractivity (Wildman–Crippen MR) is 127 cm³/mol. The summed E-state index contributed by atoms with van der Waals surface area (Å²) >= 11 is 0. The zero-order valence-electron chi connectivity index (χ0n) is 17.7. The zero-order valence-corrected chi connectivity index (χ0v) is 20.1. The van der Waals surface area contributed by atoms with Gasteiger partial charge < -0.3 is 20.3 Å². The van der Waals surface area contributed by atoms with Crippen molar-refractivity contribution in [1.29, 1.82) is 0 Å². The molecule has 0 radical (unpaired) electrons. The second-order valence-corrected chi connectivity index (χ2v) is 7.63. The lowest BCUT2D eigenvalue weighted by Crippen LogP contribution is -2.54. The van der Waals surface area contributed by atoms with Gasteiger partial charge in [-0.05, 0) is 43.4 Å². The summed E-state index contributed by atoms with van der Waals surface area (Å²) < 4.78 is 5.41. The van der Waals surface area contributed by atoms with Crippen molar-refractivity contribution in [2.75, 3.05) is 53.4 Å². The fourth-order valence-electron chi connectivity index (χ4n) is 3.49. The molecule has 1 heterocycles. The molecule has 1 aliphatic heterocycles. The van der Waals surface area contributed by atoms with E-state index in [1.54, 1.807) is 7.11 Å². The molecule has 1 amide bonds. The quantitative estimate of drug-likeness (QED) is 0.329. The Kier molecular flexibility index (Phi) is 9.48. The van der Waals surface area contributed by atoms with Crippen LogP contribution in [0.3, 0.4) is 0 Å². The predicted octanol–water partition coefficient (Wildman–Crippen LogP) is 1.64. The van der Waals surface area contributed by atoms with Crippen molar-refractivity contribution >= 4 is 35.8 Å². The average Bonchev–Trinajstić information content (AvgIpc) is 3.51. The number of hydrogen-bond donors (Lipinski definition) is 2. The lowest BCUT2D eigenvalue weighted by atomic mass is 10.1. The maximum atomic E-state index is 12.0. The summed E-state index contributed by atoms with van der Waals surface area (Å²) in [6.45, 7) is 6.91. The Labute approximate surface area is 191 Å². The summed E-state index contributed by atoms with van der Waals surface area (Å²) in [6.07, 6.45) is 3.19. The Morgan fingerprint density at radius 1 is 1.24 bits per heavy atom. The topological polar surface area (TPSA) is 69.2 Å². The normalized spacial score (nSPS) is 17.5. The largest absolute Gasteiger partial charge is 0.496 e. The first-order valence-corrected chi connectivity index (χ1v) is 10.2. The van der Waals surface area contributed by atoms with E-state index in [4.69, 9.17) is 4.74 Å². The molecule has 1 saturated carbocycles. The Morgan fingerprint density at radius 2 is 1.97 bits per heavy atom. The van der Waals surface area contributed by atoms with Crippen LogP contribution in [0.2, 0.25) is 0 Å². The van der Waals surface area contributed by atoms with Crippen LogP contribution in [0, 0.1) is 6.92 Å². The molecule has 0 atom stereocenters. The second kappa shape index (κ2) is 11.6. The minimum absolute atomic E-state index is 0. The van der Waals surface area contributed by atoms with Crippen molar-refractivity contribution in [1.82, 2.24) is 20.4 Å². The number of methoxy groups -OCH3 is 1. The smallest absolute Gasteiger partial charge is 0.234 e. The van der Waals surface area contributed by atoms with Crippen LogP contribution in [0.5, 0.6) is 5.75 Å². The highest BCUT2D eigenvalue weighted by Gasteiger charge is 2.25. The number of carbonyl (C=O) groups is 1. The molecular weight excluding hydrogens is 481 g/mol. The minimum Gasteiger partial charge on any atom is -0.496 e. The summed E-state index contributed by atoms with van der Waals surface area (Å²) in [4.78, 5) is 20.9. The SMILES string of the molecule is CN=C(NCCc1ccc(C)c(OC)c1)N1CCN(CC(=O)NC2CC2)CC1.I. The highest BCUT2D eigenvalue weighted by atomic mass is 127. The van der Waals surface area contributed by atoms with Gasteiger partial charge in [0.05, 0.1) is 13.7 Å². The van der Waals surface area contributed by atoms with Gasteiger partial charge in [0, 0.05) is 45.8 Å². The molecule has 29 heavy (non-hydrogen) atoms. The number of amides is 1. The monoisotopic (exact) mass is 515 g/mol. The van der Waals surface area contributed by atoms with Crippen LogP contribution >= 0.6 is 24.0 Å². The highest BCUT2D eigenvalue weighted by Crippen LogP contribution is 2.19. The molecule has 7 nitrogen and oxygen atoms in total. The average molecular weight is 515 g/mol. The Morgan fingerprint density at radius 3 is 2.59 bits per heavy atom. The summed E-state index contributed by atoms with van der Waals surface area (Å²) in [5.41, 5.74) is 2.40. The molecule has 0 spiro atoms. The van der Waals surface area contributed by atoms with E-state index in [2.05, 4.69) is 50.5 Å². The Hall–Kier alpha value is -1.55. The molecule has 1 aromatic rings. The molecule has 0 bridgehead atoms. The lowest BCUT2D eigenvalue weighted by Gasteiger charge is -2.36. The fraction of sp³-hybridized carbons (Fsp3) is 0.619. The number of aliphatic imine (C=N–C) groups is 1. The number of carbonyl (C=O) groups excluding carboxylic acids is 1. The number of nitrogens with one attached hydrogen (secondary N) is 2. The number of nitrogens with zero attached hydrogens (tertiary/aromatic N) is 3. The van der Waals surface area contributed by atoms with Gasteiger partial charge in [0.15, 0.2) is 5.96 Å². The van der Waals surface area contributed by atoms with Crippen molar-refractivity contribution in [3.05, 3.63) is 29.3 Å². The van der Waals surface area contributed by atoms with Crippen LogP contribution in [0.1, 0.15) is 24.0 Å². The van der Waals surface area contributed by atoms with Crippen molar-refractivity contribution in [2.24, 2.45) is 4.99 Å². The molecule has 2 aliphatic rings. The van der Waals surface area contributed by atoms with E-state index < -0.39 is 0 Å². The molecule has 1 aliphatic carbocycles. The summed E-state index contributed by atoms with van der Waals surface area (Å²) in [6, 6.07) is 6.78. The van der Waals surface area contributed by atoms with Gasteiger partial charge in [-0.3, -0.25) is 14.7 Å². The van der Waals surface area contributed by atoms with Gasteiger partial charge in [-0.25, -0.2) is 0 Å². The van der Waals surface area contributed by atoms with Crippen LogP contribution in [0.25, 0.3) is 0 Å². The van der Waals surface area contributed by atoms with E-state index in [-0.39, 0.29) is 29.9 Å². The third kappa shape index (κ3) is 7.33. The molecule has 2 N–H and O–H groups in total. The number of guanidine groups is 1. The fourth-order valence-corrected chi connectivity index (χ4v) is 3.49. The number of benzene rings is 1. The van der Waals surface area contributed by atoms with E-state index in [0.717, 1.165) is 69.3 Å². The third-order valence-electron chi connectivity index (χ3n) is 5.36. The van der Waals surface area contributed by atoms with E-state index in [1.807, 2.05) is 7.05 Å². The number of aryl methyl sites for hydroxylation is 1. The van der Waals surface area contributed by atoms with Gasteiger partial charge in [0.1, 0.15) is 5.75 Å². The molecule has 0 unspecified atom stereocenters. The first kappa shape index (κ1) is 23.7. The molecule has 1 saturated heterocycles. The summed E-state index contributed by atoms with van der Waals surface area (Å²) in [5, 5.41) is 6.53. The van der Waals surface area contributed by atoms with Gasteiger partial charge in [-0.1, -0.05) is 12.1 Å². The summed E-state index contributed by atoms with van der Waals surface area (Å²) in [7, 11) is 3.54. The van der Waals surface area contributed by atoms with Crippen molar-refractivity contribution in [2.45, 2.75) is 32.2 Å². The third-order valence-corrected chi connectivity index (χ3v) is 5.36. The van der Waals surface area contributed by atoms with Gasteiger partial charge in [-0.15, -0.1) is 24.0 Å². The molecule has 0 aromatic heterocycles. The molecule has 162 valence electrons. The molecule has 8 heteroatoms. The molecule has 3 rings (SSSR count). The van der Waals surface area contributed by atoms with Gasteiger partial charge >= 0.3 is 0 Å². The maximum absolute atomic E-state index is 12.0. The van der Waals surface area contributed by atoms with E-state index in [1.165, 1.54) is 5.56 Å². The van der Waals surface area contributed by atoms with Crippen molar-refractivity contribution in [3.8, 4) is 5.75 Å². The number of hydrogen-bond acceptors (Lipinski definition) is 4. The van der Waals surface area contributed by atoms with Crippen LogP contribution < -0.4 is 15.4 Å². The second-order valence-electron chi connectivity index (χ2n) is 7.63. The maximum Gasteiger partial charge on any atom is 0.234 e. The van der Waals surface area contributed by atoms with Gasteiger partial charge in [0.25, 0.3) is 0 Å². The van der Waals surface area contributed by atoms with Crippen LogP contribution in [-0.4, -0.2) is 81.1 Å². The Balaban J connectivity index is 0.00000300. The van der Waals surface area contributed by atoms with Crippen molar-refractivity contribution < 1.29 is 9.53 Å². The molecule has 1 aromatic carbocycles. The number of piperazine rings is 1. The highest BCUT2D eigenvalue weighted by molar-refractivity contribution is 14.0. The summed E-state index contributed by atoms with van der Waals surface area (Å²) in [5.74, 6) is 2.02. The number of halogens is 1. The van der Waals surface area contributed by atoms with Gasteiger partial charge in [0.2, 0.25) is 5.91 Å². The van der Waals surface area contributed by atoms with E-state index in [9.17, 15) is 4.79 Å². The lowest BCUT2D eigenvalue weighted by molar-refractivity contribution is -0.122. The van der Waals surface area contributed by atoms with Crippen LogP contribution in [0.15, 0.2) is 23.2 Å².